The summed E-state index contributed by atoms with van der Waals surface area (Å²) in [6.07, 6.45) is 0. The van der Waals surface area contributed by atoms with Gasteiger partial charge < -0.3 is 4.74 Å². The van der Waals surface area contributed by atoms with E-state index in [2.05, 4.69) is 56.3 Å². The molecule has 7 aromatic carbocycles. The molecule has 262 valence electrons. The Morgan fingerprint density at radius 2 is 0.982 bits per heavy atom. The third kappa shape index (κ3) is 6.53. The molecule has 9 rings (SSSR count). The number of halogens is 1. The molecule has 1 aromatic heterocycles. The maximum absolute atomic E-state index is 15.7. The van der Waals surface area contributed by atoms with Crippen LogP contribution in [-0.2, 0) is 5.60 Å². The molecule has 0 bridgehead atoms. The molecule has 8 aromatic rings. The molecular weight excluding hydrogens is 680 g/mol. The van der Waals surface area contributed by atoms with Crippen LogP contribution in [0.5, 0.6) is 5.75 Å². The highest BCUT2D eigenvalue weighted by Gasteiger charge is 2.32. The van der Waals surface area contributed by atoms with Crippen LogP contribution in [0.2, 0.25) is 0 Å². The van der Waals surface area contributed by atoms with Gasteiger partial charge in [-0.05, 0) is 101 Å². The fourth-order valence-electron chi connectivity index (χ4n) is 7.27. The summed E-state index contributed by atoms with van der Waals surface area (Å²) in [7, 11) is 0. The van der Waals surface area contributed by atoms with Crippen LogP contribution in [0.3, 0.4) is 0 Å². The van der Waals surface area contributed by atoms with Crippen LogP contribution >= 0.6 is 0 Å². The normalized spacial score (nSPS) is 12.5. The van der Waals surface area contributed by atoms with Crippen molar-refractivity contribution in [2.45, 2.75) is 19.4 Å². The molecule has 0 unspecified atom stereocenters. The van der Waals surface area contributed by atoms with Gasteiger partial charge in [-0.15, -0.1) is 0 Å². The lowest BCUT2D eigenvalue weighted by molar-refractivity contribution is 0.106. The largest absolute Gasteiger partial charge is 0.482 e. The summed E-state index contributed by atoms with van der Waals surface area (Å²) in [5, 5.41) is 9.31. The average molecular weight is 713 g/mol. The van der Waals surface area contributed by atoms with Gasteiger partial charge in [0.1, 0.15) is 17.2 Å². The lowest BCUT2D eigenvalue weighted by Crippen LogP contribution is -2.29. The van der Waals surface area contributed by atoms with Crippen molar-refractivity contribution in [3.05, 3.63) is 181 Å². The van der Waals surface area contributed by atoms with E-state index in [4.69, 9.17) is 19.7 Å². The topological polar surface area (TPSA) is 71.7 Å². The molecule has 0 radical (unpaired) electrons. The van der Waals surface area contributed by atoms with Crippen LogP contribution < -0.4 is 4.74 Å². The summed E-state index contributed by atoms with van der Waals surface area (Å²) in [5.74, 6) is 1.61. The van der Waals surface area contributed by atoms with Crippen molar-refractivity contribution >= 4 is 0 Å². The molecule has 0 atom stereocenters. The van der Waals surface area contributed by atoms with E-state index in [1.807, 2.05) is 103 Å². The summed E-state index contributed by atoms with van der Waals surface area (Å²) < 4.78 is 22.3. The predicted octanol–water partition coefficient (Wildman–Crippen LogP) is 12.2. The molecule has 0 saturated heterocycles. The molecule has 1 aliphatic rings. The fourth-order valence-corrected chi connectivity index (χ4v) is 7.27. The highest BCUT2D eigenvalue weighted by Crippen LogP contribution is 2.46. The van der Waals surface area contributed by atoms with Gasteiger partial charge >= 0.3 is 0 Å². The predicted molar refractivity (Wildman–Crippen MR) is 216 cm³/mol. The van der Waals surface area contributed by atoms with Crippen molar-refractivity contribution in [3.8, 4) is 90.5 Å². The van der Waals surface area contributed by atoms with E-state index in [1.165, 1.54) is 12.1 Å². The van der Waals surface area contributed by atoms with E-state index < -0.39 is 11.4 Å². The SMILES string of the molecule is CC1(C)Oc2cc(-c3cc(F)cc(-c4nc(-c5cccc(-c6ccccc6)c5)nc(-c5cccc(-c6ccc(C#N)cc6)c5)n4)c3)ccc2-c2ccccc21. The molecule has 0 aliphatic carbocycles. The number of hydrogen-bond acceptors (Lipinski definition) is 5. The summed E-state index contributed by atoms with van der Waals surface area (Å²) in [6.45, 7) is 4.13. The summed E-state index contributed by atoms with van der Waals surface area (Å²) >= 11 is 0. The molecule has 1 aliphatic heterocycles. The Hall–Kier alpha value is -7.23. The maximum atomic E-state index is 15.7. The highest BCUT2D eigenvalue weighted by molar-refractivity contribution is 5.82. The Kier molecular flexibility index (Phi) is 8.33. The molecule has 5 nitrogen and oxygen atoms in total. The molecule has 0 amide bonds. The van der Waals surface area contributed by atoms with Gasteiger partial charge in [0.2, 0.25) is 0 Å². The lowest BCUT2D eigenvalue weighted by atomic mass is 9.85. The van der Waals surface area contributed by atoms with E-state index in [0.717, 1.165) is 61.4 Å². The van der Waals surface area contributed by atoms with Crippen molar-refractivity contribution in [2.24, 2.45) is 0 Å². The van der Waals surface area contributed by atoms with E-state index in [0.29, 0.717) is 34.2 Å². The van der Waals surface area contributed by atoms with Crippen LogP contribution in [0.4, 0.5) is 4.39 Å². The molecule has 0 fully saturated rings. The minimum atomic E-state index is -0.526. The van der Waals surface area contributed by atoms with Gasteiger partial charge in [0, 0.05) is 27.8 Å². The first kappa shape index (κ1) is 33.6. The second kappa shape index (κ2) is 13.6. The van der Waals surface area contributed by atoms with Gasteiger partial charge in [0.25, 0.3) is 0 Å². The second-order valence-corrected chi connectivity index (χ2v) is 14.1. The number of hydrogen-bond donors (Lipinski definition) is 0. The molecule has 2 heterocycles. The second-order valence-electron chi connectivity index (χ2n) is 14.1. The molecule has 55 heavy (non-hydrogen) atoms. The number of nitrogens with zero attached hydrogens (tertiary/aromatic N) is 4. The highest BCUT2D eigenvalue weighted by atomic mass is 19.1. The van der Waals surface area contributed by atoms with Crippen molar-refractivity contribution < 1.29 is 9.13 Å². The van der Waals surface area contributed by atoms with Crippen LogP contribution in [0.15, 0.2) is 164 Å². The zero-order valence-corrected chi connectivity index (χ0v) is 30.2. The number of rotatable bonds is 6. The minimum Gasteiger partial charge on any atom is -0.482 e. The zero-order chi connectivity index (χ0) is 37.5. The molecule has 0 spiro atoms. The van der Waals surface area contributed by atoms with Gasteiger partial charge in [-0.25, -0.2) is 19.3 Å². The van der Waals surface area contributed by atoms with Crippen molar-refractivity contribution in [1.29, 1.82) is 5.26 Å². The molecule has 0 N–H and O–H groups in total. The first-order valence-electron chi connectivity index (χ1n) is 18.1. The Morgan fingerprint density at radius 1 is 0.473 bits per heavy atom. The van der Waals surface area contributed by atoms with Crippen molar-refractivity contribution in [3.63, 3.8) is 0 Å². The Balaban J connectivity index is 1.17. The quantitative estimate of drug-likeness (QED) is 0.172. The van der Waals surface area contributed by atoms with Crippen LogP contribution in [-0.4, -0.2) is 15.0 Å². The van der Waals surface area contributed by atoms with Crippen molar-refractivity contribution in [2.75, 3.05) is 0 Å². The fraction of sp³-hybridized carbons (Fsp3) is 0.0612. The third-order valence-electron chi connectivity index (χ3n) is 10.0. The van der Waals surface area contributed by atoms with E-state index in [1.54, 1.807) is 12.1 Å². The Morgan fingerprint density at radius 3 is 1.65 bits per heavy atom. The van der Waals surface area contributed by atoms with Gasteiger partial charge in [-0.3, -0.25) is 0 Å². The monoisotopic (exact) mass is 712 g/mol. The Labute approximate surface area is 319 Å². The van der Waals surface area contributed by atoms with Crippen molar-refractivity contribution in [1.82, 2.24) is 15.0 Å². The number of fused-ring (bicyclic) bond motifs is 3. The van der Waals surface area contributed by atoms with Gasteiger partial charge in [-0.2, -0.15) is 5.26 Å². The molecular formula is C49H33FN4O. The van der Waals surface area contributed by atoms with Crippen LogP contribution in [0.25, 0.3) is 78.7 Å². The number of nitriles is 1. The smallest absolute Gasteiger partial charge is 0.164 e. The van der Waals surface area contributed by atoms with E-state index in [-0.39, 0.29) is 0 Å². The van der Waals surface area contributed by atoms with Gasteiger partial charge in [0.05, 0.1) is 11.6 Å². The summed E-state index contributed by atoms with van der Waals surface area (Å²) in [6, 6.07) is 55.1. The molecule has 6 heteroatoms. The summed E-state index contributed by atoms with van der Waals surface area (Å²) in [5.41, 5.74) is 10.9. The first-order chi connectivity index (χ1) is 26.8. The molecule has 0 saturated carbocycles. The van der Waals surface area contributed by atoms with E-state index >= 15 is 4.39 Å². The van der Waals surface area contributed by atoms with Gasteiger partial charge in [0.15, 0.2) is 17.5 Å². The van der Waals surface area contributed by atoms with Crippen LogP contribution in [0.1, 0.15) is 25.0 Å². The van der Waals surface area contributed by atoms with Gasteiger partial charge in [-0.1, -0.05) is 115 Å². The average Bonchev–Trinajstić information content (AvgIpc) is 3.23. The number of ether oxygens (including phenoxy) is 1. The standard InChI is InChI=1S/C49H33FN4O/c1-49(2)44-17-7-6-16-42(44)43-23-22-36(29-45(43)55-49)39-26-40(28-41(50)27-39)48-53-46(37-14-8-12-34(24-37)32-10-4-3-5-11-32)52-47(54-48)38-15-9-13-35(25-38)33-20-18-31(30-51)19-21-33/h3-29H,1-2H3. The summed E-state index contributed by atoms with van der Waals surface area (Å²) in [4.78, 5) is 15.0. The minimum absolute atomic E-state index is 0.346. The Bertz CT molecular complexity index is 2790. The van der Waals surface area contributed by atoms with E-state index in [9.17, 15) is 5.26 Å². The zero-order valence-electron chi connectivity index (χ0n) is 30.2. The number of benzene rings is 7. The third-order valence-corrected chi connectivity index (χ3v) is 10.0. The lowest BCUT2D eigenvalue weighted by Gasteiger charge is -2.35. The maximum Gasteiger partial charge on any atom is 0.164 e. The number of aromatic nitrogens is 3. The first-order valence-corrected chi connectivity index (χ1v) is 18.1. The van der Waals surface area contributed by atoms with Crippen LogP contribution in [0, 0.1) is 17.1 Å².